The lowest BCUT2D eigenvalue weighted by Gasteiger charge is -2.08. The number of rotatable bonds is 12. The number of methoxy groups -OCH3 is 1. The predicted molar refractivity (Wildman–Crippen MR) is 218 cm³/mol. The number of benzene rings is 1. The quantitative estimate of drug-likeness (QED) is 0.128. The number of nitrogens with zero attached hydrogens (tertiary/aromatic N) is 6. The third kappa shape index (κ3) is 17.6. The van der Waals surface area contributed by atoms with E-state index in [4.69, 9.17) is 9.26 Å². The van der Waals surface area contributed by atoms with E-state index < -0.39 is 0 Å². The van der Waals surface area contributed by atoms with E-state index >= 15 is 0 Å². The van der Waals surface area contributed by atoms with Crippen LogP contribution in [0.5, 0.6) is 0 Å². The molecule has 298 valence electrons. The summed E-state index contributed by atoms with van der Waals surface area (Å²) in [6, 6.07) is 20.0. The van der Waals surface area contributed by atoms with Gasteiger partial charge in [0.25, 0.3) is 0 Å². The smallest absolute Gasteiger partial charge is 0.246 e. The summed E-state index contributed by atoms with van der Waals surface area (Å²) in [6.45, 7) is 23.6. The van der Waals surface area contributed by atoms with Crippen molar-refractivity contribution < 1.29 is 18.8 Å². The maximum atomic E-state index is 11.4. The van der Waals surface area contributed by atoms with E-state index in [9.17, 15) is 9.59 Å². The summed E-state index contributed by atoms with van der Waals surface area (Å²) in [7, 11) is 1.50. The van der Waals surface area contributed by atoms with Gasteiger partial charge in [-0.3, -0.25) is 19.6 Å². The first-order valence-electron chi connectivity index (χ1n) is 18.9. The molecule has 55 heavy (non-hydrogen) atoms. The van der Waals surface area contributed by atoms with Crippen molar-refractivity contribution in [2.45, 2.75) is 113 Å². The highest BCUT2D eigenvalue weighted by Gasteiger charge is 2.08. The van der Waals surface area contributed by atoms with E-state index in [0.29, 0.717) is 36.8 Å². The van der Waals surface area contributed by atoms with E-state index in [1.54, 1.807) is 4.68 Å². The highest BCUT2D eigenvalue weighted by molar-refractivity contribution is 5.77. The molecule has 0 spiro atoms. The monoisotopic (exact) mass is 754 g/mol. The first-order chi connectivity index (χ1) is 26.1. The Morgan fingerprint density at radius 3 is 1.69 bits per heavy atom. The highest BCUT2D eigenvalue weighted by Crippen LogP contribution is 2.15. The normalized spacial score (nSPS) is 10.7. The third-order valence-electron chi connectivity index (χ3n) is 8.08. The van der Waals surface area contributed by atoms with Crippen LogP contribution >= 0.6 is 0 Å². The molecule has 2 amide bonds. The standard InChI is InChI=1S/C13H20N2O.C12H18N2O2.C11H13N3.C7H11NO/c1-9(2)11-5-6-12(14-7-11)8-15-13(16)10(3)4;1-9(2)10-4-5-11(13-6-10)7-14-12(15)8-16-3;1-9(2)11-8-14(13-12-11)10-6-4-3-5-7-10;1-5(2)7-4-6(3)8-9-7/h5-7,9-10H,8H2,1-4H3,(H,15,16);4-6,9H,7-8H2,1-3H3,(H,14,15);3-9H,1-2H3;4-5H,1-3H3. The minimum atomic E-state index is -0.128. The maximum absolute atomic E-state index is 11.4. The van der Waals surface area contributed by atoms with Crippen molar-refractivity contribution in [2.75, 3.05) is 13.7 Å². The summed E-state index contributed by atoms with van der Waals surface area (Å²) in [6.07, 6.45) is 5.70. The number of carbonyl (C=O) groups is 2. The first-order valence-corrected chi connectivity index (χ1v) is 18.9. The molecular weight excluding hydrogens is 693 g/mol. The lowest BCUT2D eigenvalue weighted by Crippen LogP contribution is -2.27. The Morgan fingerprint density at radius 1 is 0.745 bits per heavy atom. The van der Waals surface area contributed by atoms with E-state index in [1.807, 2.05) is 94.0 Å². The van der Waals surface area contributed by atoms with Gasteiger partial charge in [-0.25, -0.2) is 4.68 Å². The van der Waals surface area contributed by atoms with Crippen LogP contribution < -0.4 is 10.6 Å². The SMILES string of the molecule is CC(C)C(=O)NCc1ccc(C(C)C)cn1.CC(C)c1cn(-c2ccccc2)nn1.COCC(=O)NCc1ccc(C(C)C)cn1.Cc1cc(C(C)C)on1. The van der Waals surface area contributed by atoms with Gasteiger partial charge in [0.1, 0.15) is 12.4 Å². The third-order valence-corrected chi connectivity index (χ3v) is 8.08. The molecule has 0 unspecified atom stereocenters. The van der Waals surface area contributed by atoms with Crippen molar-refractivity contribution in [3.05, 3.63) is 119 Å². The van der Waals surface area contributed by atoms with Gasteiger partial charge in [-0.15, -0.1) is 5.10 Å². The topological polar surface area (TPSA) is 150 Å². The number of carbonyl (C=O) groups excluding carboxylic acids is 2. The molecule has 5 aromatic rings. The number of amides is 2. The maximum Gasteiger partial charge on any atom is 0.246 e. The Hall–Kier alpha value is -5.23. The van der Waals surface area contributed by atoms with Crippen LogP contribution in [-0.4, -0.2) is 55.6 Å². The van der Waals surface area contributed by atoms with Crippen LogP contribution in [0.25, 0.3) is 5.69 Å². The molecule has 0 aliphatic carbocycles. The lowest BCUT2D eigenvalue weighted by molar-refractivity contribution is -0.125. The minimum absolute atomic E-state index is 0.0231. The Labute approximate surface area is 327 Å². The molecular formula is C43H62N8O4. The van der Waals surface area contributed by atoms with Gasteiger partial charge >= 0.3 is 0 Å². The van der Waals surface area contributed by atoms with Crippen molar-refractivity contribution in [2.24, 2.45) is 5.92 Å². The van der Waals surface area contributed by atoms with Crippen LogP contribution in [0.15, 0.2) is 83.8 Å². The van der Waals surface area contributed by atoms with E-state index in [0.717, 1.165) is 34.2 Å². The van der Waals surface area contributed by atoms with Gasteiger partial charge in [0.2, 0.25) is 11.8 Å². The van der Waals surface area contributed by atoms with Gasteiger partial charge in [0.05, 0.1) is 47.7 Å². The second kappa shape index (κ2) is 24.2. The Morgan fingerprint density at radius 2 is 1.31 bits per heavy atom. The van der Waals surface area contributed by atoms with Crippen LogP contribution in [0.1, 0.15) is 133 Å². The van der Waals surface area contributed by atoms with Crippen LogP contribution in [0.4, 0.5) is 0 Å². The van der Waals surface area contributed by atoms with Gasteiger partial charge in [-0.1, -0.05) is 110 Å². The van der Waals surface area contributed by atoms with E-state index in [2.05, 4.69) is 97.5 Å². The van der Waals surface area contributed by atoms with Crippen LogP contribution in [-0.2, 0) is 27.4 Å². The summed E-state index contributed by atoms with van der Waals surface area (Å²) in [5.41, 5.74) is 7.21. The minimum Gasteiger partial charge on any atom is -0.375 e. The number of aryl methyl sites for hydroxylation is 1. The molecule has 0 saturated heterocycles. The molecule has 5 rings (SSSR count). The molecule has 0 atom stereocenters. The number of hydrogen-bond acceptors (Lipinski definition) is 9. The molecule has 2 N–H and O–H groups in total. The molecule has 12 heteroatoms. The fraction of sp³-hybridized carbons (Fsp3) is 0.465. The number of para-hydroxylation sites is 1. The highest BCUT2D eigenvalue weighted by atomic mass is 16.5. The zero-order valence-electron chi connectivity index (χ0n) is 34.8. The number of pyridine rings is 2. The summed E-state index contributed by atoms with van der Waals surface area (Å²) in [5.74, 6) is 2.77. The van der Waals surface area contributed by atoms with E-state index in [-0.39, 0.29) is 24.3 Å². The number of nitrogens with one attached hydrogen (secondary N) is 2. The Bertz CT molecular complexity index is 1800. The van der Waals surface area contributed by atoms with Crippen LogP contribution in [0, 0.1) is 12.8 Å². The largest absolute Gasteiger partial charge is 0.375 e. The second-order valence-corrected chi connectivity index (χ2v) is 14.7. The predicted octanol–water partition coefficient (Wildman–Crippen LogP) is 8.44. The molecule has 0 aliphatic heterocycles. The fourth-order valence-corrected chi connectivity index (χ4v) is 4.42. The van der Waals surface area contributed by atoms with Gasteiger partial charge in [-0.05, 0) is 60.1 Å². The summed E-state index contributed by atoms with van der Waals surface area (Å²) < 4.78 is 11.5. The summed E-state index contributed by atoms with van der Waals surface area (Å²) >= 11 is 0. The first kappa shape index (κ1) is 45.9. The molecule has 4 heterocycles. The van der Waals surface area contributed by atoms with Crippen molar-refractivity contribution in [1.82, 2.24) is 40.8 Å². The Balaban J connectivity index is 0.000000258. The second-order valence-electron chi connectivity index (χ2n) is 14.7. The number of ether oxygens (including phenoxy) is 1. The molecule has 0 fully saturated rings. The zero-order chi connectivity index (χ0) is 40.9. The van der Waals surface area contributed by atoms with Crippen molar-refractivity contribution in [3.63, 3.8) is 0 Å². The number of aromatic nitrogens is 6. The molecule has 0 radical (unpaired) electrons. The fourth-order valence-electron chi connectivity index (χ4n) is 4.42. The summed E-state index contributed by atoms with van der Waals surface area (Å²) in [4.78, 5) is 31.1. The van der Waals surface area contributed by atoms with Crippen LogP contribution in [0.3, 0.4) is 0 Å². The van der Waals surface area contributed by atoms with Gasteiger partial charge < -0.3 is 19.9 Å². The van der Waals surface area contributed by atoms with Gasteiger partial charge in [-0.2, -0.15) is 0 Å². The van der Waals surface area contributed by atoms with E-state index in [1.165, 1.54) is 18.2 Å². The molecule has 4 aromatic heterocycles. The number of hydrogen-bond donors (Lipinski definition) is 2. The average Bonchev–Trinajstić information content (AvgIpc) is 3.85. The van der Waals surface area contributed by atoms with Crippen molar-refractivity contribution in [1.29, 1.82) is 0 Å². The van der Waals surface area contributed by atoms with Gasteiger partial charge in [0, 0.05) is 37.4 Å². The Kier molecular flexibility index (Phi) is 20.2. The molecule has 12 nitrogen and oxygen atoms in total. The van der Waals surface area contributed by atoms with Crippen molar-refractivity contribution in [3.8, 4) is 5.69 Å². The summed E-state index contributed by atoms with van der Waals surface area (Å²) in [5, 5.41) is 17.5. The van der Waals surface area contributed by atoms with Crippen LogP contribution in [0.2, 0.25) is 0 Å². The van der Waals surface area contributed by atoms with Gasteiger partial charge in [0.15, 0.2) is 0 Å². The molecule has 0 aliphatic rings. The molecule has 0 bridgehead atoms. The average molecular weight is 755 g/mol. The molecule has 0 saturated carbocycles. The van der Waals surface area contributed by atoms with Crippen molar-refractivity contribution >= 4 is 11.8 Å². The zero-order valence-corrected chi connectivity index (χ0v) is 34.8. The lowest BCUT2D eigenvalue weighted by atomic mass is 10.1. The molecule has 1 aromatic carbocycles.